The van der Waals surface area contributed by atoms with Gasteiger partial charge in [0.2, 0.25) is 5.88 Å². The Hall–Kier alpha value is -3.50. The topological polar surface area (TPSA) is 134 Å². The minimum atomic E-state index is -4.26. The van der Waals surface area contributed by atoms with Crippen LogP contribution in [0.25, 0.3) is 0 Å². The number of nitrogen functional groups attached to an aromatic ring is 1. The number of anilines is 1. The van der Waals surface area contributed by atoms with Gasteiger partial charge in [-0.3, -0.25) is 4.79 Å². The van der Waals surface area contributed by atoms with Gasteiger partial charge in [0.25, 0.3) is 15.9 Å². The van der Waals surface area contributed by atoms with Crippen molar-refractivity contribution in [1.29, 1.82) is 0 Å². The first kappa shape index (κ1) is 25.1. The summed E-state index contributed by atoms with van der Waals surface area (Å²) in [7, 11) is -2.64. The minimum absolute atomic E-state index is 0.0122. The molecule has 0 fully saturated rings. The lowest BCUT2D eigenvalue weighted by Gasteiger charge is -2.16. The molecule has 3 aromatic rings. The van der Waals surface area contributed by atoms with Crippen LogP contribution in [0.2, 0.25) is 0 Å². The number of nitrogens with two attached hydrogens (primary N) is 1. The van der Waals surface area contributed by atoms with Crippen molar-refractivity contribution in [2.75, 3.05) is 19.5 Å². The van der Waals surface area contributed by atoms with E-state index < -0.39 is 15.9 Å². The maximum absolute atomic E-state index is 13.0. The molecule has 3 N–H and O–H groups in total. The first-order valence-electron chi connectivity index (χ1n) is 10.6. The molecular formula is C24H28N4O5S. The molecule has 9 nitrogen and oxygen atoms in total. The van der Waals surface area contributed by atoms with E-state index in [2.05, 4.69) is 9.97 Å². The molecule has 0 atom stereocenters. The van der Waals surface area contributed by atoms with Crippen LogP contribution in [0.3, 0.4) is 0 Å². The van der Waals surface area contributed by atoms with Gasteiger partial charge in [-0.25, -0.2) is 14.7 Å². The number of hydrogen-bond donors (Lipinski definition) is 2. The van der Waals surface area contributed by atoms with E-state index in [1.807, 2.05) is 37.6 Å². The molecular weight excluding hydrogens is 456 g/mol. The van der Waals surface area contributed by atoms with Crippen molar-refractivity contribution < 1.29 is 22.7 Å². The number of aromatic nitrogens is 2. The maximum Gasteiger partial charge on any atom is 0.281 e. The van der Waals surface area contributed by atoms with Crippen molar-refractivity contribution in [3.63, 3.8) is 0 Å². The number of nitrogens with one attached hydrogen (secondary N) is 1. The number of sulfonamides is 1. The van der Waals surface area contributed by atoms with Crippen molar-refractivity contribution in [2.45, 2.75) is 38.6 Å². The van der Waals surface area contributed by atoms with Crippen LogP contribution in [0, 0.1) is 20.8 Å². The van der Waals surface area contributed by atoms with Crippen LogP contribution in [0.4, 0.5) is 5.82 Å². The molecule has 0 spiro atoms. The smallest absolute Gasteiger partial charge is 0.281 e. The Balaban J connectivity index is 1.98. The maximum atomic E-state index is 13.0. The molecule has 0 aliphatic carbocycles. The number of amides is 1. The fraction of sp³-hybridized carbons (Fsp3) is 0.292. The monoisotopic (exact) mass is 484 g/mol. The lowest BCUT2D eigenvalue weighted by atomic mass is 10.1. The van der Waals surface area contributed by atoms with Gasteiger partial charge in [0.1, 0.15) is 17.1 Å². The Morgan fingerprint density at radius 3 is 2.41 bits per heavy atom. The third-order valence-corrected chi connectivity index (χ3v) is 6.23. The number of nitrogens with zero attached hydrogens (tertiary/aromatic N) is 2. The number of aryl methyl sites for hydroxylation is 4. The Kier molecular flexibility index (Phi) is 7.85. The molecule has 3 rings (SSSR count). The summed E-state index contributed by atoms with van der Waals surface area (Å²) in [5.41, 5.74) is 9.05. The summed E-state index contributed by atoms with van der Waals surface area (Å²) in [5, 5.41) is -0.363. The van der Waals surface area contributed by atoms with Gasteiger partial charge in [0.15, 0.2) is 5.03 Å². The van der Waals surface area contributed by atoms with Gasteiger partial charge >= 0.3 is 0 Å². The largest absolute Gasteiger partial charge is 0.438 e. The standard InChI is InChI=1S/C24H28N4O5S/c1-15-13-16(2)22(17(3)14-15)33-24-19(11-10-18(26-24)7-6-12-32-4)23(29)28-34(30,31)21-9-5-8-20(25)27-21/h5,8-11,13-14H,6-7,12H2,1-4H3,(H2,25,27)(H,28,29). The molecule has 1 amide bonds. The van der Waals surface area contributed by atoms with Crippen LogP contribution >= 0.6 is 0 Å². The summed E-state index contributed by atoms with van der Waals surface area (Å²) in [6.07, 6.45) is 1.33. The minimum Gasteiger partial charge on any atom is -0.438 e. The Morgan fingerprint density at radius 1 is 1.06 bits per heavy atom. The number of pyridine rings is 2. The van der Waals surface area contributed by atoms with E-state index in [4.69, 9.17) is 15.2 Å². The lowest BCUT2D eigenvalue weighted by Crippen LogP contribution is -2.31. The van der Waals surface area contributed by atoms with Crippen molar-refractivity contribution >= 4 is 21.7 Å². The van der Waals surface area contributed by atoms with E-state index in [0.29, 0.717) is 24.5 Å². The fourth-order valence-corrected chi connectivity index (χ4v) is 4.44. The van der Waals surface area contributed by atoms with Crippen LogP contribution < -0.4 is 15.2 Å². The highest BCUT2D eigenvalue weighted by Gasteiger charge is 2.24. The van der Waals surface area contributed by atoms with Crippen LogP contribution in [-0.4, -0.2) is 38.0 Å². The molecule has 1 aromatic carbocycles. The second-order valence-corrected chi connectivity index (χ2v) is 9.55. The number of hydrogen-bond acceptors (Lipinski definition) is 8. The van der Waals surface area contributed by atoms with Crippen molar-refractivity contribution in [2.24, 2.45) is 0 Å². The zero-order valence-electron chi connectivity index (χ0n) is 19.6. The summed E-state index contributed by atoms with van der Waals surface area (Å²) in [6, 6.07) is 11.2. The fourth-order valence-electron chi connectivity index (χ4n) is 3.50. The van der Waals surface area contributed by atoms with E-state index in [0.717, 1.165) is 23.1 Å². The molecule has 0 saturated carbocycles. The molecule has 180 valence electrons. The van der Waals surface area contributed by atoms with Crippen LogP contribution in [-0.2, 0) is 21.2 Å². The highest BCUT2D eigenvalue weighted by molar-refractivity contribution is 7.90. The normalized spacial score (nSPS) is 11.3. The predicted molar refractivity (Wildman–Crippen MR) is 128 cm³/mol. The number of methoxy groups -OCH3 is 1. The van der Waals surface area contributed by atoms with Gasteiger partial charge in [0.05, 0.1) is 0 Å². The number of benzene rings is 1. The van der Waals surface area contributed by atoms with Crippen molar-refractivity contribution in [3.05, 3.63) is 70.4 Å². The number of carbonyl (C=O) groups excluding carboxylic acids is 1. The second kappa shape index (κ2) is 10.6. The molecule has 0 radical (unpaired) electrons. The summed E-state index contributed by atoms with van der Waals surface area (Å²) in [4.78, 5) is 21.3. The first-order valence-corrected chi connectivity index (χ1v) is 12.1. The molecule has 34 heavy (non-hydrogen) atoms. The van der Waals surface area contributed by atoms with Gasteiger partial charge in [-0.2, -0.15) is 8.42 Å². The zero-order chi connectivity index (χ0) is 24.9. The first-order chi connectivity index (χ1) is 16.1. The zero-order valence-corrected chi connectivity index (χ0v) is 20.4. The van der Waals surface area contributed by atoms with Crippen molar-refractivity contribution in [1.82, 2.24) is 14.7 Å². The quantitative estimate of drug-likeness (QED) is 0.441. The summed E-state index contributed by atoms with van der Waals surface area (Å²) in [5.74, 6) is -0.302. The van der Waals surface area contributed by atoms with Crippen LogP contribution in [0.5, 0.6) is 11.6 Å². The van der Waals surface area contributed by atoms with E-state index in [-0.39, 0.29) is 22.3 Å². The van der Waals surface area contributed by atoms with Crippen LogP contribution in [0.1, 0.15) is 39.2 Å². The van der Waals surface area contributed by atoms with Crippen LogP contribution in [0.15, 0.2) is 47.5 Å². The Morgan fingerprint density at radius 2 is 1.76 bits per heavy atom. The van der Waals surface area contributed by atoms with Gasteiger partial charge in [-0.1, -0.05) is 23.8 Å². The average Bonchev–Trinajstić information content (AvgIpc) is 2.76. The van der Waals surface area contributed by atoms with E-state index in [1.54, 1.807) is 13.2 Å². The lowest BCUT2D eigenvalue weighted by molar-refractivity contribution is 0.0978. The second-order valence-electron chi connectivity index (χ2n) is 7.92. The van der Waals surface area contributed by atoms with E-state index in [9.17, 15) is 13.2 Å². The van der Waals surface area contributed by atoms with Gasteiger partial charge < -0.3 is 15.2 Å². The molecule has 10 heteroatoms. The average molecular weight is 485 g/mol. The van der Waals surface area contributed by atoms with Gasteiger partial charge in [0, 0.05) is 19.4 Å². The van der Waals surface area contributed by atoms with E-state index >= 15 is 0 Å². The predicted octanol–water partition coefficient (Wildman–Crippen LogP) is 3.47. The summed E-state index contributed by atoms with van der Waals surface area (Å²) in [6.45, 7) is 6.33. The molecule has 2 aromatic heterocycles. The van der Waals surface area contributed by atoms with Crippen molar-refractivity contribution in [3.8, 4) is 11.6 Å². The molecule has 0 bridgehead atoms. The molecule has 2 heterocycles. The molecule has 0 aliphatic rings. The summed E-state index contributed by atoms with van der Waals surface area (Å²) >= 11 is 0. The highest BCUT2D eigenvalue weighted by atomic mass is 32.2. The number of ether oxygens (including phenoxy) is 2. The Bertz CT molecular complexity index is 1290. The Labute approximate surface area is 199 Å². The number of carbonyl (C=O) groups is 1. The molecule has 0 unspecified atom stereocenters. The third kappa shape index (κ3) is 6.09. The summed E-state index contributed by atoms with van der Waals surface area (Å²) < 4.78 is 38.6. The SMILES string of the molecule is COCCCc1ccc(C(=O)NS(=O)(=O)c2cccc(N)n2)c(Oc2c(C)cc(C)cc2C)n1. The third-order valence-electron chi connectivity index (χ3n) is 4.99. The molecule has 0 aliphatic heterocycles. The number of rotatable bonds is 9. The highest BCUT2D eigenvalue weighted by Crippen LogP contribution is 2.31. The molecule has 0 saturated heterocycles. The van der Waals surface area contributed by atoms with Gasteiger partial charge in [-0.15, -0.1) is 0 Å². The van der Waals surface area contributed by atoms with Gasteiger partial charge in [-0.05, 0) is 69.0 Å². The van der Waals surface area contributed by atoms with E-state index in [1.165, 1.54) is 24.3 Å².